The lowest BCUT2D eigenvalue weighted by atomic mass is 10.00. The molecule has 0 amide bonds. The van der Waals surface area contributed by atoms with Crippen molar-refractivity contribution in [3.63, 3.8) is 0 Å². The van der Waals surface area contributed by atoms with Gasteiger partial charge in [0.05, 0.1) is 7.11 Å². The van der Waals surface area contributed by atoms with Crippen molar-refractivity contribution in [3.8, 4) is 5.75 Å². The molecule has 2 aromatic rings. The van der Waals surface area contributed by atoms with Gasteiger partial charge in [-0.25, -0.2) is 0 Å². The van der Waals surface area contributed by atoms with E-state index in [9.17, 15) is 0 Å². The highest BCUT2D eigenvalue weighted by Crippen LogP contribution is 2.22. The van der Waals surface area contributed by atoms with Gasteiger partial charge in [-0.15, -0.1) is 0 Å². The Kier molecular flexibility index (Phi) is 4.39. The maximum atomic E-state index is 6.23. The highest BCUT2D eigenvalue weighted by Gasteiger charge is 2.08. The molecule has 0 fully saturated rings. The van der Waals surface area contributed by atoms with E-state index in [1.165, 1.54) is 5.56 Å². The van der Waals surface area contributed by atoms with Gasteiger partial charge in [0.15, 0.2) is 0 Å². The van der Waals surface area contributed by atoms with Gasteiger partial charge in [-0.2, -0.15) is 0 Å². The number of rotatable bonds is 4. The average Bonchev–Trinajstić information content (AvgIpc) is 2.39. The Bertz CT molecular complexity index is 527. The Morgan fingerprint density at radius 1 is 1.17 bits per heavy atom. The number of benzene rings is 2. The van der Waals surface area contributed by atoms with E-state index in [4.69, 9.17) is 10.5 Å². The molecule has 0 saturated carbocycles. The molecule has 0 saturated heterocycles. The van der Waals surface area contributed by atoms with Gasteiger partial charge in [-0.1, -0.05) is 40.2 Å². The molecule has 1 unspecified atom stereocenters. The number of hydrogen-bond donors (Lipinski definition) is 1. The second kappa shape index (κ2) is 6.03. The molecule has 0 aromatic heterocycles. The fourth-order valence-corrected chi connectivity index (χ4v) is 2.35. The summed E-state index contributed by atoms with van der Waals surface area (Å²) in [6.07, 6.45) is 0.812. The number of ether oxygens (including phenoxy) is 1. The Balaban J connectivity index is 2.13. The molecule has 2 aromatic carbocycles. The largest absolute Gasteiger partial charge is 0.497 e. The highest BCUT2D eigenvalue weighted by molar-refractivity contribution is 9.10. The van der Waals surface area contributed by atoms with Crippen molar-refractivity contribution >= 4 is 15.9 Å². The van der Waals surface area contributed by atoms with Crippen molar-refractivity contribution in [3.05, 3.63) is 64.1 Å². The molecule has 1 atom stereocenters. The summed E-state index contributed by atoms with van der Waals surface area (Å²) in [6.45, 7) is 0. The molecule has 0 aliphatic carbocycles. The molecule has 0 aliphatic rings. The summed E-state index contributed by atoms with van der Waals surface area (Å²) in [5, 5.41) is 0. The van der Waals surface area contributed by atoms with Crippen molar-refractivity contribution in [1.29, 1.82) is 0 Å². The van der Waals surface area contributed by atoms with Crippen LogP contribution in [0.1, 0.15) is 17.2 Å². The predicted molar refractivity (Wildman–Crippen MR) is 77.8 cm³/mol. The van der Waals surface area contributed by atoms with E-state index in [-0.39, 0.29) is 6.04 Å². The number of halogens is 1. The van der Waals surface area contributed by atoms with E-state index in [1.54, 1.807) is 7.11 Å². The number of nitrogens with two attached hydrogens (primary N) is 1. The zero-order valence-electron chi connectivity index (χ0n) is 10.3. The van der Waals surface area contributed by atoms with Crippen LogP contribution in [0.25, 0.3) is 0 Å². The van der Waals surface area contributed by atoms with Gasteiger partial charge in [0.1, 0.15) is 5.75 Å². The first-order valence-electron chi connectivity index (χ1n) is 5.83. The van der Waals surface area contributed by atoms with E-state index in [0.717, 1.165) is 22.2 Å². The molecule has 2 rings (SSSR count). The Morgan fingerprint density at radius 2 is 1.94 bits per heavy atom. The summed E-state index contributed by atoms with van der Waals surface area (Å²) in [5.41, 5.74) is 8.54. The van der Waals surface area contributed by atoms with Crippen LogP contribution in [0.4, 0.5) is 0 Å². The number of methoxy groups -OCH3 is 1. The quantitative estimate of drug-likeness (QED) is 0.935. The molecule has 18 heavy (non-hydrogen) atoms. The fourth-order valence-electron chi connectivity index (χ4n) is 1.91. The van der Waals surface area contributed by atoms with E-state index in [0.29, 0.717) is 0 Å². The minimum absolute atomic E-state index is 0.0191. The molecule has 94 valence electrons. The van der Waals surface area contributed by atoms with Crippen molar-refractivity contribution in [1.82, 2.24) is 0 Å². The smallest absolute Gasteiger partial charge is 0.119 e. The van der Waals surface area contributed by atoms with Crippen LogP contribution in [0.2, 0.25) is 0 Å². The Hall–Kier alpha value is -1.32. The van der Waals surface area contributed by atoms with E-state index in [2.05, 4.69) is 28.1 Å². The van der Waals surface area contributed by atoms with Crippen LogP contribution in [0.15, 0.2) is 53.0 Å². The van der Waals surface area contributed by atoms with Crippen LogP contribution in [0.5, 0.6) is 5.75 Å². The minimum Gasteiger partial charge on any atom is -0.497 e. The molecule has 2 N–H and O–H groups in total. The molecule has 0 radical (unpaired) electrons. The van der Waals surface area contributed by atoms with Crippen molar-refractivity contribution < 1.29 is 4.74 Å². The maximum absolute atomic E-state index is 6.23. The molecule has 0 bridgehead atoms. The van der Waals surface area contributed by atoms with Gasteiger partial charge in [0, 0.05) is 10.5 Å². The topological polar surface area (TPSA) is 35.2 Å². The molecular weight excluding hydrogens is 290 g/mol. The lowest BCUT2D eigenvalue weighted by Crippen LogP contribution is -2.13. The zero-order valence-corrected chi connectivity index (χ0v) is 11.9. The van der Waals surface area contributed by atoms with E-state index in [1.807, 2.05) is 36.4 Å². The van der Waals surface area contributed by atoms with Crippen molar-refractivity contribution in [2.75, 3.05) is 7.11 Å². The van der Waals surface area contributed by atoms with Crippen LogP contribution in [-0.4, -0.2) is 7.11 Å². The van der Waals surface area contributed by atoms with Gasteiger partial charge < -0.3 is 10.5 Å². The van der Waals surface area contributed by atoms with Crippen molar-refractivity contribution in [2.24, 2.45) is 5.73 Å². The van der Waals surface area contributed by atoms with Crippen LogP contribution in [-0.2, 0) is 6.42 Å². The standard InChI is InChI=1S/C15H16BrNO/c1-18-14-7-3-5-12(10-14)15(17)9-11-4-2-6-13(16)8-11/h2-8,10,15H,9,17H2,1H3. The normalized spacial score (nSPS) is 12.2. The second-order valence-corrected chi connectivity index (χ2v) is 5.13. The fraction of sp³-hybridized carbons (Fsp3) is 0.200. The van der Waals surface area contributed by atoms with Crippen LogP contribution in [0.3, 0.4) is 0 Å². The number of hydrogen-bond acceptors (Lipinski definition) is 2. The molecular formula is C15H16BrNO. The van der Waals surface area contributed by atoms with Crippen molar-refractivity contribution in [2.45, 2.75) is 12.5 Å². The Labute approximate surface area is 116 Å². The predicted octanol–water partition coefficient (Wildman–Crippen LogP) is 3.70. The van der Waals surface area contributed by atoms with E-state index >= 15 is 0 Å². The third-order valence-corrected chi connectivity index (χ3v) is 3.36. The van der Waals surface area contributed by atoms with Crippen LogP contribution < -0.4 is 10.5 Å². The first kappa shape index (κ1) is 13.1. The molecule has 0 aliphatic heterocycles. The summed E-state index contributed by atoms with van der Waals surface area (Å²) < 4.78 is 6.29. The summed E-state index contributed by atoms with van der Waals surface area (Å²) in [7, 11) is 1.67. The third-order valence-electron chi connectivity index (χ3n) is 2.87. The van der Waals surface area contributed by atoms with Crippen LogP contribution in [0, 0.1) is 0 Å². The van der Waals surface area contributed by atoms with Gasteiger partial charge >= 0.3 is 0 Å². The lowest BCUT2D eigenvalue weighted by Gasteiger charge is -2.13. The molecule has 2 nitrogen and oxygen atoms in total. The third kappa shape index (κ3) is 3.34. The SMILES string of the molecule is COc1cccc(C(N)Cc2cccc(Br)c2)c1. The monoisotopic (exact) mass is 305 g/mol. The molecule has 0 spiro atoms. The Morgan fingerprint density at radius 3 is 2.67 bits per heavy atom. The first-order valence-corrected chi connectivity index (χ1v) is 6.62. The van der Waals surface area contributed by atoms with E-state index < -0.39 is 0 Å². The summed E-state index contributed by atoms with van der Waals surface area (Å²) in [4.78, 5) is 0. The van der Waals surface area contributed by atoms with Crippen LogP contribution >= 0.6 is 15.9 Å². The second-order valence-electron chi connectivity index (χ2n) is 4.22. The van der Waals surface area contributed by atoms with Gasteiger partial charge in [0.25, 0.3) is 0 Å². The zero-order chi connectivity index (χ0) is 13.0. The summed E-state index contributed by atoms with van der Waals surface area (Å²) >= 11 is 3.47. The average molecular weight is 306 g/mol. The van der Waals surface area contributed by atoms with Gasteiger partial charge in [0.2, 0.25) is 0 Å². The maximum Gasteiger partial charge on any atom is 0.119 e. The summed E-state index contributed by atoms with van der Waals surface area (Å²) in [6, 6.07) is 16.1. The van der Waals surface area contributed by atoms with Gasteiger partial charge in [-0.05, 0) is 41.8 Å². The molecule has 0 heterocycles. The van der Waals surface area contributed by atoms with Gasteiger partial charge in [-0.3, -0.25) is 0 Å². The summed E-state index contributed by atoms with van der Waals surface area (Å²) in [5.74, 6) is 0.845. The first-order chi connectivity index (χ1) is 8.69. The highest BCUT2D eigenvalue weighted by atomic mass is 79.9. The lowest BCUT2D eigenvalue weighted by molar-refractivity contribution is 0.414. The minimum atomic E-state index is -0.0191. The molecule has 3 heteroatoms.